The largest absolute Gasteiger partial charge is 0.449 e. The molecule has 2 heterocycles. The smallest absolute Gasteiger partial charge is 0.412 e. The lowest BCUT2D eigenvalue weighted by Crippen LogP contribution is -2.16. The molecule has 7 nitrogen and oxygen atoms in total. The monoisotopic (exact) mass is 421 g/mol. The fraction of sp³-hybridized carbons (Fsp3) is 0.727. The highest BCUT2D eigenvalue weighted by Crippen LogP contribution is 2.16. The Balaban J connectivity index is 1.42. The predicted molar refractivity (Wildman–Crippen MR) is 117 cm³/mol. The molecule has 30 heavy (non-hydrogen) atoms. The van der Waals surface area contributed by atoms with E-state index in [1.807, 2.05) is 0 Å². The van der Waals surface area contributed by atoms with E-state index in [9.17, 15) is 9.18 Å². The van der Waals surface area contributed by atoms with Crippen molar-refractivity contribution in [2.75, 3.05) is 11.9 Å². The minimum atomic E-state index is -0.947. The van der Waals surface area contributed by atoms with Crippen LogP contribution in [0.3, 0.4) is 0 Å². The minimum absolute atomic E-state index is 0.0287. The maximum absolute atomic E-state index is 13.4. The highest BCUT2D eigenvalue weighted by Gasteiger charge is 2.13. The maximum Gasteiger partial charge on any atom is 0.412 e. The number of aromatic amines is 1. The van der Waals surface area contributed by atoms with Crippen LogP contribution in [0.25, 0.3) is 11.2 Å². The van der Waals surface area contributed by atoms with E-state index in [4.69, 9.17) is 4.74 Å². The van der Waals surface area contributed by atoms with Gasteiger partial charge in [0.1, 0.15) is 5.52 Å². The number of unbranched alkanes of at least 4 members (excludes halogenated alkanes) is 13. The Bertz CT molecular complexity index is 737. The van der Waals surface area contributed by atoms with Crippen LogP contribution in [0.15, 0.2) is 6.33 Å². The summed E-state index contributed by atoms with van der Waals surface area (Å²) in [6.07, 6.45) is 17.6. The molecule has 0 unspecified atom stereocenters. The standard InChI is InChI=1S/C22H36FN5O2/c1-2-3-4-5-6-7-8-9-10-11-12-13-14-15-16-30-22(29)28-20-18-19(25-17-24-18)26-21(23)27-20/h17H,2-16H2,1H3,(H2,24,25,26,27,28,29). The Morgan fingerprint density at radius 1 is 0.933 bits per heavy atom. The van der Waals surface area contributed by atoms with Crippen LogP contribution in [0.2, 0.25) is 0 Å². The number of amides is 1. The van der Waals surface area contributed by atoms with Crippen LogP contribution in [0.4, 0.5) is 15.0 Å². The molecular weight excluding hydrogens is 385 g/mol. The third kappa shape index (κ3) is 9.50. The average molecular weight is 422 g/mol. The zero-order valence-electron chi connectivity index (χ0n) is 18.2. The number of fused-ring (bicyclic) bond motifs is 1. The number of nitrogens with zero attached hydrogens (tertiary/aromatic N) is 3. The Labute approximate surface area is 178 Å². The Hall–Kier alpha value is -2.25. The van der Waals surface area contributed by atoms with Crippen LogP contribution in [0.5, 0.6) is 0 Å². The number of H-pyrrole nitrogens is 1. The molecule has 2 N–H and O–H groups in total. The van der Waals surface area contributed by atoms with E-state index < -0.39 is 12.2 Å². The molecule has 0 spiro atoms. The van der Waals surface area contributed by atoms with Crippen molar-refractivity contribution < 1.29 is 13.9 Å². The molecule has 0 aliphatic rings. The molecule has 0 fully saturated rings. The summed E-state index contributed by atoms with van der Waals surface area (Å²) in [6.45, 7) is 2.59. The number of imidazole rings is 1. The van der Waals surface area contributed by atoms with Gasteiger partial charge in [-0.2, -0.15) is 14.4 Å². The molecule has 0 aromatic carbocycles. The number of anilines is 1. The molecule has 2 aromatic heterocycles. The van der Waals surface area contributed by atoms with Gasteiger partial charge < -0.3 is 9.72 Å². The quantitative estimate of drug-likeness (QED) is 0.238. The summed E-state index contributed by atoms with van der Waals surface area (Å²) in [4.78, 5) is 25.6. The molecular formula is C22H36FN5O2. The number of hydrogen-bond acceptors (Lipinski definition) is 5. The molecule has 0 bridgehead atoms. The molecule has 0 aliphatic heterocycles. The third-order valence-corrected chi connectivity index (χ3v) is 5.21. The van der Waals surface area contributed by atoms with Gasteiger partial charge in [-0.05, 0) is 6.42 Å². The molecule has 8 heteroatoms. The molecule has 0 aliphatic carbocycles. The van der Waals surface area contributed by atoms with Crippen molar-refractivity contribution in [2.45, 2.75) is 96.8 Å². The first-order chi connectivity index (χ1) is 14.7. The molecule has 1 amide bonds. The van der Waals surface area contributed by atoms with Crippen molar-refractivity contribution in [3.8, 4) is 0 Å². The van der Waals surface area contributed by atoms with Crippen LogP contribution >= 0.6 is 0 Å². The Morgan fingerprint density at radius 2 is 1.50 bits per heavy atom. The van der Waals surface area contributed by atoms with Gasteiger partial charge in [-0.1, -0.05) is 90.4 Å². The first-order valence-corrected chi connectivity index (χ1v) is 11.5. The lowest BCUT2D eigenvalue weighted by molar-refractivity contribution is 0.159. The molecule has 0 saturated carbocycles. The summed E-state index contributed by atoms with van der Waals surface area (Å²) in [5.41, 5.74) is 0.523. The number of rotatable bonds is 16. The molecule has 2 aromatic rings. The van der Waals surface area contributed by atoms with Crippen molar-refractivity contribution >= 4 is 23.1 Å². The van der Waals surface area contributed by atoms with E-state index in [2.05, 4.69) is 32.2 Å². The number of carbonyl (C=O) groups is 1. The molecule has 168 valence electrons. The number of hydrogen-bond donors (Lipinski definition) is 2. The summed E-state index contributed by atoms with van der Waals surface area (Å²) >= 11 is 0. The summed E-state index contributed by atoms with van der Waals surface area (Å²) in [7, 11) is 0. The van der Waals surface area contributed by atoms with Gasteiger partial charge in [0, 0.05) is 0 Å². The number of carbonyl (C=O) groups excluding carboxylic acids is 1. The summed E-state index contributed by atoms with van der Waals surface area (Å²) < 4.78 is 18.5. The second-order valence-electron chi connectivity index (χ2n) is 7.80. The fourth-order valence-corrected chi connectivity index (χ4v) is 3.49. The first-order valence-electron chi connectivity index (χ1n) is 11.5. The second kappa shape index (κ2) is 14.7. The maximum atomic E-state index is 13.4. The first kappa shape index (κ1) is 24.0. The zero-order chi connectivity index (χ0) is 21.4. The predicted octanol–water partition coefficient (Wildman–Crippen LogP) is 6.52. The van der Waals surface area contributed by atoms with Gasteiger partial charge in [0.2, 0.25) is 0 Å². The number of halogens is 1. The summed E-state index contributed by atoms with van der Waals surface area (Å²) in [5.74, 6) is 0.0287. The van der Waals surface area contributed by atoms with Crippen molar-refractivity contribution in [1.82, 2.24) is 19.9 Å². The highest BCUT2D eigenvalue weighted by molar-refractivity contribution is 5.93. The van der Waals surface area contributed by atoms with Crippen LogP contribution < -0.4 is 5.32 Å². The molecule has 2 rings (SSSR count). The SMILES string of the molecule is CCCCCCCCCCCCCCCCOC(=O)Nc1nc(F)nc2nc[nH]c12. The van der Waals surface area contributed by atoms with Crippen molar-refractivity contribution in [3.63, 3.8) is 0 Å². The molecule has 0 radical (unpaired) electrons. The fourth-order valence-electron chi connectivity index (χ4n) is 3.49. The van der Waals surface area contributed by atoms with Crippen LogP contribution in [0.1, 0.15) is 96.8 Å². The Kier molecular flexibility index (Phi) is 11.8. The molecule has 0 saturated heterocycles. The van der Waals surface area contributed by atoms with Gasteiger partial charge in [-0.3, -0.25) is 5.32 Å². The van der Waals surface area contributed by atoms with Gasteiger partial charge in [-0.25, -0.2) is 9.78 Å². The van der Waals surface area contributed by atoms with Gasteiger partial charge in [0.05, 0.1) is 12.9 Å². The van der Waals surface area contributed by atoms with E-state index >= 15 is 0 Å². The number of ether oxygens (including phenoxy) is 1. The van der Waals surface area contributed by atoms with Crippen molar-refractivity contribution in [2.24, 2.45) is 0 Å². The normalized spacial score (nSPS) is 11.1. The van der Waals surface area contributed by atoms with Gasteiger partial charge >= 0.3 is 12.2 Å². The van der Waals surface area contributed by atoms with E-state index in [0.717, 1.165) is 19.3 Å². The van der Waals surface area contributed by atoms with E-state index in [1.165, 1.54) is 77.0 Å². The summed E-state index contributed by atoms with van der Waals surface area (Å²) in [6, 6.07) is 0. The van der Waals surface area contributed by atoms with Crippen LogP contribution in [-0.4, -0.2) is 32.6 Å². The third-order valence-electron chi connectivity index (χ3n) is 5.21. The van der Waals surface area contributed by atoms with Crippen molar-refractivity contribution in [1.29, 1.82) is 0 Å². The number of aromatic nitrogens is 4. The minimum Gasteiger partial charge on any atom is -0.449 e. The van der Waals surface area contributed by atoms with E-state index in [0.29, 0.717) is 12.1 Å². The van der Waals surface area contributed by atoms with Crippen LogP contribution in [0, 0.1) is 6.08 Å². The van der Waals surface area contributed by atoms with Crippen molar-refractivity contribution in [3.05, 3.63) is 12.4 Å². The van der Waals surface area contributed by atoms with Gasteiger partial charge in [0.15, 0.2) is 11.5 Å². The van der Waals surface area contributed by atoms with Gasteiger partial charge in [0.25, 0.3) is 0 Å². The lowest BCUT2D eigenvalue weighted by Gasteiger charge is -2.07. The second-order valence-corrected chi connectivity index (χ2v) is 7.80. The Morgan fingerprint density at radius 3 is 2.10 bits per heavy atom. The van der Waals surface area contributed by atoms with E-state index in [-0.39, 0.29) is 11.5 Å². The topological polar surface area (TPSA) is 92.8 Å². The highest BCUT2D eigenvalue weighted by atomic mass is 19.1. The van der Waals surface area contributed by atoms with E-state index in [1.54, 1.807) is 0 Å². The number of nitrogens with one attached hydrogen (secondary N) is 2. The van der Waals surface area contributed by atoms with Gasteiger partial charge in [-0.15, -0.1) is 0 Å². The molecule has 0 atom stereocenters. The average Bonchev–Trinajstić information content (AvgIpc) is 3.19. The zero-order valence-corrected chi connectivity index (χ0v) is 18.2. The summed E-state index contributed by atoms with van der Waals surface area (Å²) in [5, 5.41) is 2.44. The lowest BCUT2D eigenvalue weighted by atomic mass is 10.0. The van der Waals surface area contributed by atoms with Crippen LogP contribution in [-0.2, 0) is 4.74 Å².